The first kappa shape index (κ1) is 24.9. The molecule has 2 aliphatic heterocycles. The van der Waals surface area contributed by atoms with Crippen LogP contribution in [0.25, 0.3) is 0 Å². The average molecular weight is 465 g/mol. The highest BCUT2D eigenvalue weighted by Gasteiger charge is 2.52. The van der Waals surface area contributed by atoms with Gasteiger partial charge in [0, 0.05) is 41.7 Å². The van der Waals surface area contributed by atoms with Crippen molar-refractivity contribution >= 4 is 36.2 Å². The van der Waals surface area contributed by atoms with Crippen molar-refractivity contribution < 1.29 is 23.6 Å². The van der Waals surface area contributed by atoms with E-state index in [1.807, 2.05) is 55.4 Å². The number of hydrogen-bond donors (Lipinski definition) is 0. The molecule has 0 saturated carbocycles. The fraction of sp³-hybridized carbons (Fsp3) is 0.652. The van der Waals surface area contributed by atoms with Crippen molar-refractivity contribution in [3.05, 3.63) is 28.8 Å². The van der Waals surface area contributed by atoms with Crippen LogP contribution >= 0.6 is 11.6 Å². The minimum atomic E-state index is -0.589. The lowest BCUT2D eigenvalue weighted by Gasteiger charge is -2.40. The van der Waals surface area contributed by atoms with E-state index in [9.17, 15) is 9.59 Å². The Hall–Kier alpha value is -1.77. The normalized spacial score (nSPS) is 22.8. The number of piperazine rings is 1. The van der Waals surface area contributed by atoms with Crippen LogP contribution < -0.4 is 5.46 Å². The largest absolute Gasteiger partial charge is 0.496 e. The van der Waals surface area contributed by atoms with E-state index in [-0.39, 0.29) is 18.0 Å². The molecule has 2 aliphatic rings. The van der Waals surface area contributed by atoms with E-state index in [0.717, 1.165) is 0 Å². The van der Waals surface area contributed by atoms with E-state index in [1.165, 1.54) is 0 Å². The summed E-state index contributed by atoms with van der Waals surface area (Å²) in [6, 6.07) is 5.05. The molecule has 0 N–H and O–H groups in total. The summed E-state index contributed by atoms with van der Waals surface area (Å²) in [6.07, 6.45) is -0.355. The van der Waals surface area contributed by atoms with Gasteiger partial charge in [-0.3, -0.25) is 4.79 Å². The molecule has 9 heteroatoms. The molecule has 7 nitrogen and oxygen atoms in total. The second-order valence-electron chi connectivity index (χ2n) is 10.6. The Labute approximate surface area is 196 Å². The number of carbonyl (C=O) groups excluding carboxylic acids is 2. The summed E-state index contributed by atoms with van der Waals surface area (Å²) < 4.78 is 17.6. The third kappa shape index (κ3) is 5.08. The second kappa shape index (κ2) is 8.54. The van der Waals surface area contributed by atoms with Crippen molar-refractivity contribution in [2.45, 2.75) is 78.2 Å². The van der Waals surface area contributed by atoms with Gasteiger partial charge in [0.1, 0.15) is 5.60 Å². The Morgan fingerprint density at radius 1 is 1.12 bits per heavy atom. The molecule has 0 bridgehead atoms. The molecule has 0 aromatic heterocycles. The Morgan fingerprint density at radius 2 is 1.72 bits per heavy atom. The molecule has 2 heterocycles. The van der Waals surface area contributed by atoms with Gasteiger partial charge in [0.15, 0.2) is 0 Å². The Kier molecular flexibility index (Phi) is 6.64. The van der Waals surface area contributed by atoms with Crippen LogP contribution in [-0.2, 0) is 14.0 Å². The van der Waals surface area contributed by atoms with Crippen molar-refractivity contribution in [1.82, 2.24) is 9.80 Å². The maximum Gasteiger partial charge on any atom is 0.496 e. The average Bonchev–Trinajstić information content (AvgIpc) is 2.86. The second-order valence-corrected chi connectivity index (χ2v) is 11.0. The predicted octanol–water partition coefficient (Wildman–Crippen LogP) is 3.72. The lowest BCUT2D eigenvalue weighted by atomic mass is 9.78. The first-order chi connectivity index (χ1) is 14.6. The summed E-state index contributed by atoms with van der Waals surface area (Å²) in [7, 11) is -0.589. The van der Waals surface area contributed by atoms with Gasteiger partial charge in [-0.05, 0) is 67.5 Å². The number of hydrogen-bond acceptors (Lipinski definition) is 5. The molecule has 2 saturated heterocycles. The van der Waals surface area contributed by atoms with Crippen molar-refractivity contribution in [2.24, 2.45) is 0 Å². The number of benzene rings is 1. The Balaban J connectivity index is 1.68. The van der Waals surface area contributed by atoms with E-state index in [1.54, 1.807) is 28.0 Å². The van der Waals surface area contributed by atoms with Gasteiger partial charge < -0.3 is 23.8 Å². The van der Waals surface area contributed by atoms with Crippen LogP contribution in [0.3, 0.4) is 0 Å². The summed E-state index contributed by atoms with van der Waals surface area (Å²) in [5, 5.41) is 0.426. The zero-order valence-electron chi connectivity index (χ0n) is 20.3. The quantitative estimate of drug-likeness (QED) is 0.624. The summed E-state index contributed by atoms with van der Waals surface area (Å²) in [5.74, 6) is -0.122. The molecular formula is C23H34BClN2O5. The molecule has 1 atom stereocenters. The topological polar surface area (TPSA) is 68.3 Å². The van der Waals surface area contributed by atoms with Crippen LogP contribution in [0.5, 0.6) is 0 Å². The van der Waals surface area contributed by atoms with Crippen molar-refractivity contribution in [3.63, 3.8) is 0 Å². The highest BCUT2D eigenvalue weighted by Crippen LogP contribution is 2.37. The van der Waals surface area contributed by atoms with Gasteiger partial charge in [-0.15, -0.1) is 0 Å². The van der Waals surface area contributed by atoms with Crippen LogP contribution in [-0.4, -0.2) is 71.4 Å². The fourth-order valence-electron chi connectivity index (χ4n) is 3.74. The molecule has 176 valence electrons. The Bertz CT molecular complexity index is 883. The van der Waals surface area contributed by atoms with Crippen LogP contribution in [0, 0.1) is 0 Å². The molecule has 3 rings (SSSR count). The monoisotopic (exact) mass is 464 g/mol. The zero-order valence-corrected chi connectivity index (χ0v) is 21.1. The highest BCUT2D eigenvalue weighted by atomic mass is 35.5. The van der Waals surface area contributed by atoms with E-state index in [4.69, 9.17) is 25.6 Å². The SMILES string of the molecule is CC1CN(C(=O)c2ccc(B3OC(C)(C)C(C)(C)O3)c(Cl)c2)CCN1C(=O)OC(C)(C)C. The molecule has 32 heavy (non-hydrogen) atoms. The van der Waals surface area contributed by atoms with Gasteiger partial charge in [-0.2, -0.15) is 0 Å². The van der Waals surface area contributed by atoms with Crippen molar-refractivity contribution in [1.29, 1.82) is 0 Å². The van der Waals surface area contributed by atoms with Crippen LogP contribution in [0.4, 0.5) is 4.79 Å². The van der Waals surface area contributed by atoms with E-state index < -0.39 is 23.9 Å². The van der Waals surface area contributed by atoms with Gasteiger partial charge in [0.2, 0.25) is 0 Å². The molecule has 0 aliphatic carbocycles. The molecular weight excluding hydrogens is 431 g/mol. The van der Waals surface area contributed by atoms with Gasteiger partial charge in [-0.1, -0.05) is 17.7 Å². The lowest BCUT2D eigenvalue weighted by molar-refractivity contribution is 0.00198. The summed E-state index contributed by atoms with van der Waals surface area (Å²) in [4.78, 5) is 29.0. The summed E-state index contributed by atoms with van der Waals surface area (Å²) in [5.41, 5.74) is -0.309. The van der Waals surface area contributed by atoms with E-state index in [2.05, 4.69) is 0 Å². The molecule has 2 amide bonds. The third-order valence-corrected chi connectivity index (χ3v) is 6.62. The first-order valence-electron chi connectivity index (χ1n) is 11.1. The molecule has 0 spiro atoms. The highest BCUT2D eigenvalue weighted by molar-refractivity contribution is 6.65. The zero-order chi connectivity index (χ0) is 24.1. The number of halogens is 1. The maximum atomic E-state index is 13.1. The fourth-order valence-corrected chi connectivity index (χ4v) is 4.01. The van der Waals surface area contributed by atoms with Gasteiger partial charge >= 0.3 is 13.2 Å². The molecule has 1 aromatic rings. The minimum absolute atomic E-state index is 0.122. The Morgan fingerprint density at radius 3 is 2.22 bits per heavy atom. The third-order valence-electron chi connectivity index (χ3n) is 6.30. The van der Waals surface area contributed by atoms with Gasteiger partial charge in [-0.25, -0.2) is 4.79 Å². The molecule has 0 radical (unpaired) electrons. The molecule has 1 unspecified atom stereocenters. The van der Waals surface area contributed by atoms with E-state index in [0.29, 0.717) is 35.7 Å². The van der Waals surface area contributed by atoms with Crippen LogP contribution in [0.15, 0.2) is 18.2 Å². The summed E-state index contributed by atoms with van der Waals surface area (Å²) >= 11 is 6.53. The summed E-state index contributed by atoms with van der Waals surface area (Å²) in [6.45, 7) is 16.6. The van der Waals surface area contributed by atoms with Crippen molar-refractivity contribution in [3.8, 4) is 0 Å². The molecule has 2 fully saturated rings. The number of carbonyl (C=O) groups is 2. The lowest BCUT2D eigenvalue weighted by Crippen LogP contribution is -2.56. The van der Waals surface area contributed by atoms with Gasteiger partial charge in [0.25, 0.3) is 5.91 Å². The first-order valence-corrected chi connectivity index (χ1v) is 11.4. The van der Waals surface area contributed by atoms with Gasteiger partial charge in [0.05, 0.1) is 11.2 Å². The number of nitrogens with zero attached hydrogens (tertiary/aromatic N) is 2. The smallest absolute Gasteiger partial charge is 0.444 e. The van der Waals surface area contributed by atoms with Crippen molar-refractivity contribution in [2.75, 3.05) is 19.6 Å². The maximum absolute atomic E-state index is 13.1. The predicted molar refractivity (Wildman–Crippen MR) is 125 cm³/mol. The van der Waals surface area contributed by atoms with Crippen LogP contribution in [0.1, 0.15) is 65.7 Å². The minimum Gasteiger partial charge on any atom is -0.444 e. The number of ether oxygens (including phenoxy) is 1. The number of rotatable bonds is 2. The standard InChI is InChI=1S/C23H34BClN2O5/c1-15-14-26(11-12-27(15)20(29)30-21(2,3)4)19(28)16-9-10-17(18(25)13-16)24-31-22(5,6)23(7,8)32-24/h9-10,13,15H,11-12,14H2,1-8H3. The number of amides is 2. The van der Waals surface area contributed by atoms with Crippen LogP contribution in [0.2, 0.25) is 5.02 Å². The molecule has 1 aromatic carbocycles. The van der Waals surface area contributed by atoms with E-state index >= 15 is 0 Å².